The van der Waals surface area contributed by atoms with Gasteiger partial charge in [-0.2, -0.15) is 0 Å². The van der Waals surface area contributed by atoms with Crippen LogP contribution < -0.4 is 24.6 Å². The van der Waals surface area contributed by atoms with Gasteiger partial charge < -0.3 is 0 Å². The van der Waals surface area contributed by atoms with Crippen LogP contribution in [-0.4, -0.2) is 4.55 Å². The van der Waals surface area contributed by atoms with Crippen LogP contribution in [0, 0.1) is 23.5 Å². The zero-order valence-corrected chi connectivity index (χ0v) is 17.3. The molecule has 4 heteroatoms. The summed E-state index contributed by atoms with van der Waals surface area (Å²) in [6.07, 6.45) is 9.31. The third kappa shape index (κ3) is 3.60. The zero-order chi connectivity index (χ0) is 17.6. The van der Waals surface area contributed by atoms with Crippen LogP contribution in [0.4, 0.5) is 14.5 Å². The summed E-state index contributed by atoms with van der Waals surface area (Å²) in [5, 5.41) is 0. The summed E-state index contributed by atoms with van der Waals surface area (Å²) >= 11 is 0.00262. The van der Waals surface area contributed by atoms with E-state index in [4.69, 9.17) is 0 Å². The minimum absolute atomic E-state index is 0.00262. The monoisotopic (exact) mass is 458 g/mol. The maximum absolute atomic E-state index is 15.2. The molecule has 1 aromatic carbocycles. The van der Waals surface area contributed by atoms with Crippen molar-refractivity contribution >= 4 is 11.3 Å². The van der Waals surface area contributed by atoms with Crippen molar-refractivity contribution in [3.63, 3.8) is 0 Å². The number of benzene rings is 1. The molecule has 3 aliphatic rings. The molecule has 0 bridgehead atoms. The molecule has 1 aliphatic heterocycles. The van der Waals surface area contributed by atoms with Crippen LogP contribution in [0.2, 0.25) is 0 Å². The summed E-state index contributed by atoms with van der Waals surface area (Å²) in [6, 6.07) is 2.01. The van der Waals surface area contributed by atoms with Crippen molar-refractivity contribution in [3.8, 4) is 0 Å². The van der Waals surface area contributed by atoms with Crippen molar-refractivity contribution in [1.29, 1.82) is 0 Å². The maximum atomic E-state index is 15.2. The molecule has 1 saturated carbocycles. The van der Waals surface area contributed by atoms with Crippen molar-refractivity contribution in [3.05, 3.63) is 34.9 Å². The summed E-state index contributed by atoms with van der Waals surface area (Å²) in [7, 11) is 0. The normalized spacial score (nSPS) is 29.8. The fourth-order valence-electron chi connectivity index (χ4n) is 4.34. The van der Waals surface area contributed by atoms with E-state index in [2.05, 4.69) is 23.0 Å². The van der Waals surface area contributed by atoms with Crippen molar-refractivity contribution in [2.75, 3.05) is 7.66 Å². The molecule has 1 saturated heterocycles. The molecule has 0 amide bonds. The van der Waals surface area contributed by atoms with Gasteiger partial charge in [0.05, 0.1) is 0 Å². The predicted octanol–water partition coefficient (Wildman–Crippen LogP) is 3.24. The summed E-state index contributed by atoms with van der Waals surface area (Å²) in [5.74, 6) is 0.408. The van der Waals surface area contributed by atoms with Crippen molar-refractivity contribution in [1.82, 2.24) is 0 Å². The predicted molar refractivity (Wildman–Crippen MR) is 95.1 cm³/mol. The number of hydrogen-bond acceptors (Lipinski definition) is 1. The Hall–Kier alpha value is -0.650. The van der Waals surface area contributed by atoms with Gasteiger partial charge in [-0.3, -0.25) is 0 Å². The van der Waals surface area contributed by atoms with E-state index in [1.165, 1.54) is 0 Å². The van der Waals surface area contributed by atoms with Crippen LogP contribution in [0.5, 0.6) is 0 Å². The van der Waals surface area contributed by atoms with Crippen molar-refractivity contribution in [2.24, 2.45) is 11.8 Å². The van der Waals surface area contributed by atoms with Crippen LogP contribution in [0.15, 0.2) is 12.1 Å². The van der Waals surface area contributed by atoms with E-state index in [1.807, 2.05) is 6.07 Å². The Balaban J connectivity index is 1.74. The van der Waals surface area contributed by atoms with E-state index in [0.29, 0.717) is 17.0 Å². The SMILES string of the molecule is CC1CC=C(c2c(N3C[I-]3)cc(C3CCC(C)CC3)c(F)c2F)CC1. The summed E-state index contributed by atoms with van der Waals surface area (Å²) in [6.45, 7) is 4.49. The van der Waals surface area contributed by atoms with Crippen molar-refractivity contribution in [2.45, 2.75) is 64.7 Å². The first-order valence-corrected chi connectivity index (χ1v) is 12.1. The Labute approximate surface area is 160 Å². The van der Waals surface area contributed by atoms with Crippen LogP contribution in [-0.2, 0) is 0 Å². The van der Waals surface area contributed by atoms with Gasteiger partial charge in [0.15, 0.2) is 0 Å². The van der Waals surface area contributed by atoms with Crippen LogP contribution in [0.3, 0.4) is 0 Å². The van der Waals surface area contributed by atoms with Crippen LogP contribution >= 0.6 is 0 Å². The van der Waals surface area contributed by atoms with E-state index in [1.54, 1.807) is 0 Å². The van der Waals surface area contributed by atoms with Gasteiger partial charge in [0, 0.05) is 0 Å². The second-order valence-electron chi connectivity index (χ2n) is 8.15. The van der Waals surface area contributed by atoms with Gasteiger partial charge in [-0.15, -0.1) is 0 Å². The standard InChI is InChI=1S/C21H27F2IN/c1-13-3-7-15(8-4-13)17-11-18(25-12-24-25)19(21(23)20(17)22)16-9-5-14(2)6-10-16/h9,11,13-15H,3-8,10,12H2,1-2H3/q-1. The molecule has 2 fully saturated rings. The van der Waals surface area contributed by atoms with Crippen molar-refractivity contribution < 1.29 is 30.3 Å². The number of nitrogens with zero attached hydrogens (tertiary/aromatic N) is 1. The van der Waals surface area contributed by atoms with E-state index in [-0.39, 0.29) is 27.4 Å². The molecule has 138 valence electrons. The van der Waals surface area contributed by atoms with Gasteiger partial charge in [-0.25, -0.2) is 0 Å². The molecular weight excluding hydrogens is 431 g/mol. The third-order valence-electron chi connectivity index (χ3n) is 6.16. The Kier molecular flexibility index (Phi) is 5.09. The Morgan fingerprint density at radius 1 is 1.00 bits per heavy atom. The second-order valence-corrected chi connectivity index (χ2v) is 10.7. The first-order valence-electron chi connectivity index (χ1n) is 9.62. The molecule has 0 spiro atoms. The van der Waals surface area contributed by atoms with E-state index in [9.17, 15) is 0 Å². The summed E-state index contributed by atoms with van der Waals surface area (Å²) in [5.41, 5.74) is 3.24. The molecule has 4 rings (SSSR count). The molecular formula is C21H27F2IN-. The molecule has 0 aromatic heterocycles. The molecule has 0 radical (unpaired) electrons. The topological polar surface area (TPSA) is 3.01 Å². The summed E-state index contributed by atoms with van der Waals surface area (Å²) in [4.78, 5) is 0. The van der Waals surface area contributed by atoms with Gasteiger partial charge in [-0.05, 0) is 0 Å². The van der Waals surface area contributed by atoms with Gasteiger partial charge in [0.25, 0.3) is 0 Å². The number of anilines is 1. The first-order chi connectivity index (χ1) is 12.0. The van der Waals surface area contributed by atoms with Crippen LogP contribution in [0.1, 0.15) is 75.8 Å². The Morgan fingerprint density at radius 2 is 1.72 bits per heavy atom. The van der Waals surface area contributed by atoms with E-state index < -0.39 is 11.6 Å². The fourth-order valence-corrected chi connectivity index (χ4v) is 5.61. The van der Waals surface area contributed by atoms with Gasteiger partial charge >= 0.3 is 161 Å². The average Bonchev–Trinajstić information content (AvgIpc) is 3.44. The third-order valence-corrected chi connectivity index (χ3v) is 8.05. The number of halogens is 3. The van der Waals surface area contributed by atoms with Gasteiger partial charge in [0.2, 0.25) is 0 Å². The fraction of sp³-hybridized carbons (Fsp3) is 0.619. The second kappa shape index (κ2) is 7.16. The Bertz CT molecular complexity index is 688. The summed E-state index contributed by atoms with van der Waals surface area (Å²) < 4.78 is 33.6. The number of rotatable bonds is 3. The molecule has 1 atom stereocenters. The molecule has 2 aliphatic carbocycles. The average molecular weight is 458 g/mol. The zero-order valence-electron chi connectivity index (χ0n) is 15.1. The van der Waals surface area contributed by atoms with Crippen LogP contribution in [0.25, 0.3) is 5.57 Å². The molecule has 1 nitrogen and oxygen atoms in total. The number of hydrogen-bond donors (Lipinski definition) is 0. The van der Waals surface area contributed by atoms with E-state index in [0.717, 1.165) is 66.7 Å². The number of alkyl halides is 1. The number of allylic oxidation sites excluding steroid dienone is 2. The minimum atomic E-state index is -0.581. The first kappa shape index (κ1) is 17.7. The van der Waals surface area contributed by atoms with Gasteiger partial charge in [0.1, 0.15) is 0 Å². The quantitative estimate of drug-likeness (QED) is 0.221. The van der Waals surface area contributed by atoms with Gasteiger partial charge in [-0.1, -0.05) is 0 Å². The molecule has 25 heavy (non-hydrogen) atoms. The molecule has 1 unspecified atom stereocenters. The molecule has 0 N–H and O–H groups in total. The molecule has 1 heterocycles. The van der Waals surface area contributed by atoms with E-state index >= 15 is 8.78 Å². The Morgan fingerprint density at radius 3 is 2.32 bits per heavy atom. The molecule has 1 aromatic rings.